The number of carboxylic acid groups (broad SMARTS) is 1. The molecule has 74 valence electrons. The highest BCUT2D eigenvalue weighted by Crippen LogP contribution is 2.25. The van der Waals surface area contributed by atoms with Gasteiger partial charge in [0.15, 0.2) is 0 Å². The summed E-state index contributed by atoms with van der Waals surface area (Å²) in [5.74, 6) is 0. The summed E-state index contributed by atoms with van der Waals surface area (Å²) in [4.78, 5) is 10.3. The average molecular weight is 187 g/mol. The number of nitrogens with one attached hydrogen (secondary N) is 1. The van der Waals surface area contributed by atoms with Crippen molar-refractivity contribution in [2.75, 3.05) is 13.2 Å². The van der Waals surface area contributed by atoms with Crippen molar-refractivity contribution in [3.63, 3.8) is 0 Å². The van der Waals surface area contributed by atoms with Gasteiger partial charge in [-0.3, -0.25) is 0 Å². The summed E-state index contributed by atoms with van der Waals surface area (Å²) in [6.07, 6.45) is 1.21. The van der Waals surface area contributed by atoms with E-state index in [9.17, 15) is 4.79 Å². The fraction of sp³-hybridized carbons (Fsp3) is 0.875. The predicted octanol–water partition coefficient (Wildman–Crippen LogP) is 0.200. The van der Waals surface area contributed by atoms with Gasteiger partial charge in [-0.25, -0.2) is 4.79 Å². The lowest BCUT2D eigenvalue weighted by atomic mass is 10.0. The van der Waals surface area contributed by atoms with E-state index in [0.717, 1.165) is 19.4 Å². The second-order valence-electron chi connectivity index (χ2n) is 3.47. The first kappa shape index (κ1) is 8.77. The Morgan fingerprint density at radius 3 is 2.38 bits per heavy atom. The lowest BCUT2D eigenvalue weighted by Crippen LogP contribution is -2.43. The Balaban J connectivity index is 1.72. The van der Waals surface area contributed by atoms with Crippen LogP contribution in [0.25, 0.3) is 0 Å². The maximum Gasteiger partial charge on any atom is 0.404 e. The van der Waals surface area contributed by atoms with Crippen LogP contribution < -0.4 is 5.32 Å². The number of carbonyl (C=O) groups is 1. The molecule has 2 fully saturated rings. The van der Waals surface area contributed by atoms with E-state index >= 15 is 0 Å². The molecular weight excluding hydrogens is 174 g/mol. The minimum absolute atomic E-state index is 0.0486. The van der Waals surface area contributed by atoms with Crippen LogP contribution in [-0.4, -0.2) is 42.7 Å². The first-order chi connectivity index (χ1) is 6.25. The van der Waals surface area contributed by atoms with E-state index in [-0.39, 0.29) is 18.2 Å². The molecule has 2 aliphatic heterocycles. The van der Waals surface area contributed by atoms with Crippen molar-refractivity contribution in [2.24, 2.45) is 0 Å². The molecule has 0 bridgehead atoms. The smallest absolute Gasteiger partial charge is 0.404 e. The highest BCUT2D eigenvalue weighted by Gasteiger charge is 2.36. The van der Waals surface area contributed by atoms with E-state index in [1.54, 1.807) is 0 Å². The molecule has 13 heavy (non-hydrogen) atoms. The van der Waals surface area contributed by atoms with Gasteiger partial charge in [0.1, 0.15) is 6.10 Å². The lowest BCUT2D eigenvalue weighted by Gasteiger charge is -2.27. The Bertz CT molecular complexity index is 196. The average Bonchev–Trinajstić information content (AvgIpc) is 2.87. The Morgan fingerprint density at radius 2 is 1.92 bits per heavy atom. The maximum absolute atomic E-state index is 10.3. The Kier molecular flexibility index (Phi) is 2.37. The molecule has 0 saturated carbocycles. The van der Waals surface area contributed by atoms with Gasteiger partial charge in [-0.1, -0.05) is 0 Å². The topological polar surface area (TPSA) is 71.1 Å². The summed E-state index contributed by atoms with van der Waals surface area (Å²) in [5.41, 5.74) is 0. The molecule has 3 atom stereocenters. The van der Waals surface area contributed by atoms with Crippen LogP contribution in [0.2, 0.25) is 0 Å². The largest absolute Gasteiger partial charge is 0.465 e. The normalized spacial score (nSPS) is 38.3. The van der Waals surface area contributed by atoms with Crippen molar-refractivity contribution in [1.29, 1.82) is 0 Å². The SMILES string of the molecule is O=C(O)N[C@@H]1CC[C@@H]([C@@H]2CO2)OC1. The quantitative estimate of drug-likeness (QED) is 0.606. The number of hydrogen-bond donors (Lipinski definition) is 2. The third-order valence-electron chi connectivity index (χ3n) is 2.41. The number of rotatable bonds is 2. The van der Waals surface area contributed by atoms with Gasteiger partial charge in [0.25, 0.3) is 0 Å². The summed E-state index contributed by atoms with van der Waals surface area (Å²) >= 11 is 0. The molecule has 0 aliphatic carbocycles. The van der Waals surface area contributed by atoms with Crippen molar-refractivity contribution < 1.29 is 19.4 Å². The van der Waals surface area contributed by atoms with Crippen LogP contribution in [0, 0.1) is 0 Å². The van der Waals surface area contributed by atoms with Crippen LogP contribution >= 0.6 is 0 Å². The van der Waals surface area contributed by atoms with Crippen molar-refractivity contribution in [1.82, 2.24) is 5.32 Å². The van der Waals surface area contributed by atoms with E-state index in [4.69, 9.17) is 14.6 Å². The maximum atomic E-state index is 10.3. The van der Waals surface area contributed by atoms with Crippen LogP contribution in [0.1, 0.15) is 12.8 Å². The van der Waals surface area contributed by atoms with Crippen molar-refractivity contribution in [3.8, 4) is 0 Å². The highest BCUT2D eigenvalue weighted by atomic mass is 16.6. The van der Waals surface area contributed by atoms with Gasteiger partial charge in [0.2, 0.25) is 0 Å². The molecule has 1 amide bonds. The second kappa shape index (κ2) is 3.51. The van der Waals surface area contributed by atoms with Crippen LogP contribution in [0.4, 0.5) is 4.79 Å². The first-order valence-corrected chi connectivity index (χ1v) is 4.48. The van der Waals surface area contributed by atoms with Crippen LogP contribution in [0.5, 0.6) is 0 Å². The summed E-state index contributed by atoms with van der Waals surface area (Å²) in [5, 5.41) is 10.9. The van der Waals surface area contributed by atoms with E-state index in [0.29, 0.717) is 6.61 Å². The summed E-state index contributed by atoms with van der Waals surface area (Å²) in [6.45, 7) is 1.26. The van der Waals surface area contributed by atoms with Gasteiger partial charge >= 0.3 is 6.09 Å². The minimum atomic E-state index is -0.977. The number of epoxide rings is 1. The van der Waals surface area contributed by atoms with Crippen molar-refractivity contribution >= 4 is 6.09 Å². The van der Waals surface area contributed by atoms with E-state index in [1.165, 1.54) is 0 Å². The fourth-order valence-corrected chi connectivity index (χ4v) is 1.62. The molecule has 0 aromatic heterocycles. The molecule has 0 spiro atoms. The Hall–Kier alpha value is -0.810. The van der Waals surface area contributed by atoms with Gasteiger partial charge in [0.05, 0.1) is 25.4 Å². The van der Waals surface area contributed by atoms with E-state index in [1.807, 2.05) is 0 Å². The van der Waals surface area contributed by atoms with Crippen molar-refractivity contribution in [2.45, 2.75) is 31.1 Å². The standard InChI is InChI=1S/C8H13NO4/c10-8(11)9-5-1-2-6(12-3-5)7-4-13-7/h5-7,9H,1-4H2,(H,10,11)/t5-,6+,7+/m1/s1. The van der Waals surface area contributed by atoms with Crippen LogP contribution in [0.15, 0.2) is 0 Å². The monoisotopic (exact) mass is 187 g/mol. The molecule has 0 unspecified atom stereocenters. The molecule has 5 nitrogen and oxygen atoms in total. The van der Waals surface area contributed by atoms with Crippen molar-refractivity contribution in [3.05, 3.63) is 0 Å². The molecule has 2 heterocycles. The molecule has 2 rings (SSSR count). The van der Waals surface area contributed by atoms with E-state index in [2.05, 4.69) is 5.32 Å². The summed E-state index contributed by atoms with van der Waals surface area (Å²) in [7, 11) is 0. The zero-order valence-electron chi connectivity index (χ0n) is 7.23. The molecule has 0 radical (unpaired) electrons. The summed E-state index contributed by atoms with van der Waals surface area (Å²) in [6, 6.07) is -0.0486. The number of amides is 1. The number of hydrogen-bond acceptors (Lipinski definition) is 3. The van der Waals surface area contributed by atoms with Gasteiger partial charge < -0.3 is 19.9 Å². The van der Waals surface area contributed by atoms with Gasteiger partial charge in [-0.05, 0) is 12.8 Å². The Labute approximate surface area is 76.0 Å². The molecule has 2 saturated heterocycles. The third kappa shape index (κ3) is 2.32. The van der Waals surface area contributed by atoms with Gasteiger partial charge in [-0.15, -0.1) is 0 Å². The molecule has 0 aromatic carbocycles. The second-order valence-corrected chi connectivity index (χ2v) is 3.47. The predicted molar refractivity (Wildman–Crippen MR) is 43.7 cm³/mol. The molecular formula is C8H13NO4. The van der Waals surface area contributed by atoms with E-state index < -0.39 is 6.09 Å². The third-order valence-corrected chi connectivity index (χ3v) is 2.41. The Morgan fingerprint density at radius 1 is 1.23 bits per heavy atom. The van der Waals surface area contributed by atoms with Crippen LogP contribution in [0.3, 0.4) is 0 Å². The first-order valence-electron chi connectivity index (χ1n) is 4.48. The van der Waals surface area contributed by atoms with Gasteiger partial charge in [0, 0.05) is 0 Å². The molecule has 2 N–H and O–H groups in total. The van der Waals surface area contributed by atoms with Gasteiger partial charge in [-0.2, -0.15) is 0 Å². The zero-order chi connectivity index (χ0) is 9.26. The molecule has 0 aromatic rings. The molecule has 5 heteroatoms. The van der Waals surface area contributed by atoms with Crippen LogP contribution in [-0.2, 0) is 9.47 Å². The highest BCUT2D eigenvalue weighted by molar-refractivity contribution is 5.64. The zero-order valence-corrected chi connectivity index (χ0v) is 7.23. The number of ether oxygens (including phenoxy) is 2. The molecule has 2 aliphatic rings. The lowest BCUT2D eigenvalue weighted by molar-refractivity contribution is -0.0161. The fourth-order valence-electron chi connectivity index (χ4n) is 1.62. The minimum Gasteiger partial charge on any atom is -0.465 e. The summed E-state index contributed by atoms with van der Waals surface area (Å²) < 4.78 is 10.6.